The van der Waals surface area contributed by atoms with E-state index in [4.69, 9.17) is 0 Å². The Hall–Kier alpha value is -2.59. The zero-order valence-corrected chi connectivity index (χ0v) is 19.8. The minimum Gasteiger partial charge on any atom is -0.508 e. The number of hydrogen-bond donors (Lipinski definition) is 1. The highest BCUT2D eigenvalue weighted by Crippen LogP contribution is 2.30. The first-order valence-corrected chi connectivity index (χ1v) is 11.8. The smallest absolute Gasteiger partial charge is 0.240 e. The number of nitrogens with zero attached hydrogens (tertiary/aromatic N) is 2. The van der Waals surface area contributed by atoms with Crippen LogP contribution in [0, 0.1) is 5.92 Å². The van der Waals surface area contributed by atoms with Crippen molar-refractivity contribution in [2.24, 2.45) is 5.92 Å². The molecule has 0 saturated carbocycles. The van der Waals surface area contributed by atoms with E-state index < -0.39 is 0 Å². The number of aromatic hydroxyl groups is 1. The quantitative estimate of drug-likeness (QED) is 0.536. The van der Waals surface area contributed by atoms with Gasteiger partial charge in [-0.2, -0.15) is 0 Å². The first-order chi connectivity index (χ1) is 15.4. The zero-order chi connectivity index (χ0) is 23.1. The number of amides is 1. The average molecular weight is 435 g/mol. The monoisotopic (exact) mass is 434 g/mol. The van der Waals surface area contributed by atoms with Crippen LogP contribution in [-0.4, -0.2) is 46.0 Å². The number of carbonyl (C=O) groups excluding carboxylic acids is 1. The van der Waals surface area contributed by atoms with Gasteiger partial charge in [0.15, 0.2) is 0 Å². The van der Waals surface area contributed by atoms with Crippen molar-refractivity contribution in [1.29, 1.82) is 0 Å². The molecule has 2 aromatic carbocycles. The van der Waals surface area contributed by atoms with Crippen LogP contribution in [0.3, 0.4) is 0 Å². The van der Waals surface area contributed by atoms with Crippen molar-refractivity contribution in [2.75, 3.05) is 7.05 Å². The van der Waals surface area contributed by atoms with E-state index in [1.54, 1.807) is 12.1 Å². The molecule has 3 rings (SSSR count). The molecule has 1 N–H and O–H groups in total. The van der Waals surface area contributed by atoms with E-state index in [2.05, 4.69) is 61.5 Å². The first kappa shape index (κ1) is 24.1. The molecule has 4 heteroatoms. The van der Waals surface area contributed by atoms with Crippen LogP contribution < -0.4 is 0 Å². The fraction of sp³-hybridized carbons (Fsp3) is 0.464. The number of allylic oxidation sites excluding steroid dienone is 1. The standard InChI is InChI=1S/C28H38N2O2/c1-5-6-12-24-19-25(18-22-10-8-7-9-11-22)30(20-23-13-15-26(31)16-14-23)28(32)27(29(24)4)17-21(2)3/h5,7-11,13-16,21,24-25,27,31H,1,6,12,17-20H2,2-4H3/t24-,25+,27+/m1/s1. The van der Waals surface area contributed by atoms with Gasteiger partial charge in [0.25, 0.3) is 0 Å². The zero-order valence-electron chi connectivity index (χ0n) is 19.8. The Morgan fingerprint density at radius 1 is 1.06 bits per heavy atom. The molecule has 1 fully saturated rings. The molecule has 0 radical (unpaired) electrons. The number of phenols is 1. The van der Waals surface area contributed by atoms with Gasteiger partial charge < -0.3 is 10.0 Å². The van der Waals surface area contributed by atoms with Gasteiger partial charge in [0.05, 0.1) is 6.04 Å². The van der Waals surface area contributed by atoms with Gasteiger partial charge in [-0.3, -0.25) is 9.69 Å². The minimum absolute atomic E-state index is 0.119. The summed E-state index contributed by atoms with van der Waals surface area (Å²) in [5.41, 5.74) is 2.30. The fourth-order valence-electron chi connectivity index (χ4n) is 4.84. The Balaban J connectivity index is 1.97. The Kier molecular flexibility index (Phi) is 8.52. The summed E-state index contributed by atoms with van der Waals surface area (Å²) in [4.78, 5) is 18.4. The van der Waals surface area contributed by atoms with E-state index in [0.717, 1.165) is 37.7 Å². The fourth-order valence-corrected chi connectivity index (χ4v) is 4.84. The summed E-state index contributed by atoms with van der Waals surface area (Å²) >= 11 is 0. The molecule has 0 aliphatic carbocycles. The molecular formula is C28H38N2O2. The molecule has 1 aliphatic rings. The van der Waals surface area contributed by atoms with Crippen LogP contribution in [-0.2, 0) is 17.8 Å². The van der Waals surface area contributed by atoms with Crippen LogP contribution in [0.25, 0.3) is 0 Å². The predicted octanol–water partition coefficient (Wildman–Crippen LogP) is 5.42. The van der Waals surface area contributed by atoms with E-state index in [-0.39, 0.29) is 23.7 Å². The van der Waals surface area contributed by atoms with Gasteiger partial charge >= 0.3 is 0 Å². The number of carbonyl (C=O) groups is 1. The second kappa shape index (κ2) is 11.3. The Labute approximate surface area is 193 Å². The molecule has 0 spiro atoms. The summed E-state index contributed by atoms with van der Waals surface area (Å²) in [5, 5.41) is 9.70. The Morgan fingerprint density at radius 2 is 1.75 bits per heavy atom. The molecule has 4 nitrogen and oxygen atoms in total. The SMILES string of the molecule is C=CCC[C@@H]1C[C@H](Cc2ccccc2)N(Cc2ccc(O)cc2)C(=O)[C@H](CC(C)C)N1C. The molecule has 1 saturated heterocycles. The van der Waals surface area contributed by atoms with Gasteiger partial charge in [-0.25, -0.2) is 0 Å². The van der Waals surface area contributed by atoms with Crippen LogP contribution in [0.5, 0.6) is 5.75 Å². The third-order valence-corrected chi connectivity index (χ3v) is 6.62. The summed E-state index contributed by atoms with van der Waals surface area (Å²) in [5.74, 6) is 0.905. The highest BCUT2D eigenvalue weighted by atomic mass is 16.3. The van der Waals surface area contributed by atoms with Gasteiger partial charge in [0.2, 0.25) is 5.91 Å². The number of phenolic OH excluding ortho intramolecular Hbond substituents is 1. The molecule has 32 heavy (non-hydrogen) atoms. The lowest BCUT2D eigenvalue weighted by atomic mass is 9.95. The van der Waals surface area contributed by atoms with Gasteiger partial charge in [-0.1, -0.05) is 62.4 Å². The minimum atomic E-state index is -0.122. The molecule has 172 valence electrons. The topological polar surface area (TPSA) is 43.8 Å². The van der Waals surface area contributed by atoms with Gasteiger partial charge in [0, 0.05) is 18.6 Å². The Morgan fingerprint density at radius 3 is 2.38 bits per heavy atom. The van der Waals surface area contributed by atoms with Crippen molar-refractivity contribution >= 4 is 5.91 Å². The maximum atomic E-state index is 14.0. The largest absolute Gasteiger partial charge is 0.508 e. The van der Waals surface area contributed by atoms with Crippen molar-refractivity contribution in [3.8, 4) is 5.75 Å². The maximum Gasteiger partial charge on any atom is 0.240 e. The van der Waals surface area contributed by atoms with Crippen molar-refractivity contribution < 1.29 is 9.90 Å². The van der Waals surface area contributed by atoms with Crippen molar-refractivity contribution in [1.82, 2.24) is 9.80 Å². The van der Waals surface area contributed by atoms with E-state index in [0.29, 0.717) is 18.5 Å². The van der Waals surface area contributed by atoms with E-state index >= 15 is 0 Å². The predicted molar refractivity (Wildman–Crippen MR) is 131 cm³/mol. The lowest BCUT2D eigenvalue weighted by Crippen LogP contribution is -2.48. The molecule has 3 atom stereocenters. The first-order valence-electron chi connectivity index (χ1n) is 11.8. The van der Waals surface area contributed by atoms with Crippen LogP contribution in [0.2, 0.25) is 0 Å². The van der Waals surface area contributed by atoms with Crippen LogP contribution in [0.15, 0.2) is 67.3 Å². The molecule has 1 amide bonds. The van der Waals surface area contributed by atoms with E-state index in [1.807, 2.05) is 24.3 Å². The maximum absolute atomic E-state index is 14.0. The van der Waals surface area contributed by atoms with Crippen LogP contribution in [0.4, 0.5) is 0 Å². The summed E-state index contributed by atoms with van der Waals surface area (Å²) in [6, 6.07) is 18.1. The molecule has 1 aliphatic heterocycles. The Bertz CT molecular complexity index is 863. The van der Waals surface area contributed by atoms with Crippen molar-refractivity contribution in [2.45, 2.75) is 70.6 Å². The highest BCUT2D eigenvalue weighted by Gasteiger charge is 2.40. The number of rotatable bonds is 9. The summed E-state index contributed by atoms with van der Waals surface area (Å²) < 4.78 is 0. The lowest BCUT2D eigenvalue weighted by molar-refractivity contribution is -0.138. The summed E-state index contributed by atoms with van der Waals surface area (Å²) in [7, 11) is 2.13. The average Bonchev–Trinajstić information content (AvgIpc) is 2.86. The second-order valence-electron chi connectivity index (χ2n) is 9.54. The highest BCUT2D eigenvalue weighted by molar-refractivity contribution is 5.82. The molecule has 1 heterocycles. The third-order valence-electron chi connectivity index (χ3n) is 6.62. The number of likely N-dealkylation sites (N-methyl/N-ethyl adjacent to an activating group) is 1. The molecule has 0 unspecified atom stereocenters. The van der Waals surface area contributed by atoms with Crippen molar-refractivity contribution in [3.05, 3.63) is 78.4 Å². The molecule has 2 aromatic rings. The normalized spacial score (nSPS) is 22.2. The lowest BCUT2D eigenvalue weighted by Gasteiger charge is -2.33. The van der Waals surface area contributed by atoms with Gasteiger partial charge in [-0.05, 0) is 68.3 Å². The molecular weight excluding hydrogens is 396 g/mol. The molecule has 0 bridgehead atoms. The van der Waals surface area contributed by atoms with Gasteiger partial charge in [-0.15, -0.1) is 6.58 Å². The number of benzene rings is 2. The summed E-state index contributed by atoms with van der Waals surface area (Å²) in [6.07, 6.45) is 6.59. The van der Waals surface area contributed by atoms with Crippen molar-refractivity contribution in [3.63, 3.8) is 0 Å². The second-order valence-corrected chi connectivity index (χ2v) is 9.54. The number of hydrogen-bond acceptors (Lipinski definition) is 3. The van der Waals surface area contributed by atoms with E-state index in [1.165, 1.54) is 5.56 Å². The van der Waals surface area contributed by atoms with Crippen LogP contribution in [0.1, 0.15) is 50.7 Å². The molecule has 0 aromatic heterocycles. The van der Waals surface area contributed by atoms with Crippen LogP contribution >= 0.6 is 0 Å². The third kappa shape index (κ3) is 6.23. The van der Waals surface area contributed by atoms with Gasteiger partial charge in [0.1, 0.15) is 5.75 Å². The van der Waals surface area contributed by atoms with E-state index in [9.17, 15) is 9.90 Å². The summed E-state index contributed by atoms with van der Waals surface area (Å²) in [6.45, 7) is 8.87.